The van der Waals surface area contributed by atoms with Gasteiger partial charge >= 0.3 is 0 Å². The molecule has 0 bridgehead atoms. The number of aliphatic imine (C=N–C) groups is 1. The Kier molecular flexibility index (Phi) is 7.26. The second-order valence-electron chi connectivity index (χ2n) is 2.81. The van der Waals surface area contributed by atoms with Crippen molar-refractivity contribution in [2.75, 3.05) is 6.26 Å². The summed E-state index contributed by atoms with van der Waals surface area (Å²) in [6.07, 6.45) is 7.71. The van der Waals surface area contributed by atoms with Gasteiger partial charge in [0.25, 0.3) is 0 Å². The maximum atomic E-state index is 3.83. The van der Waals surface area contributed by atoms with Gasteiger partial charge in [-0.1, -0.05) is 20.3 Å². The summed E-state index contributed by atoms with van der Waals surface area (Å²) in [5.74, 6) is 0.690. The smallest absolute Gasteiger partial charge is 0.0358 e. The van der Waals surface area contributed by atoms with Crippen LogP contribution in [0, 0.1) is 5.92 Å². The van der Waals surface area contributed by atoms with Crippen molar-refractivity contribution in [3.63, 3.8) is 0 Å². The predicted octanol–water partition coefficient (Wildman–Crippen LogP) is 3.72. The van der Waals surface area contributed by atoms with Gasteiger partial charge in [-0.25, -0.2) is 0 Å². The minimum Gasteiger partial charge on any atom is -0.272 e. The summed E-state index contributed by atoms with van der Waals surface area (Å²) in [7, 11) is 0. The van der Waals surface area contributed by atoms with Gasteiger partial charge in [0.2, 0.25) is 0 Å². The molecule has 70 valence electrons. The molecule has 0 aliphatic heterocycles. The molecule has 0 rings (SSSR count). The molecule has 1 atom stereocenters. The van der Waals surface area contributed by atoms with Crippen LogP contribution in [0.2, 0.25) is 0 Å². The second-order valence-corrected chi connectivity index (χ2v) is 3.69. The molecule has 0 aliphatic rings. The third kappa shape index (κ3) is 3.96. The van der Waals surface area contributed by atoms with Gasteiger partial charge in [-0.05, 0) is 31.7 Å². The van der Waals surface area contributed by atoms with Crippen molar-refractivity contribution in [3.8, 4) is 0 Å². The number of thioether (sulfide) groups is 1. The maximum absolute atomic E-state index is 3.83. The molecule has 1 nitrogen and oxygen atoms in total. The molecular formula is C10H19NS. The number of rotatable bonds is 6. The molecule has 0 fully saturated rings. The summed E-state index contributed by atoms with van der Waals surface area (Å²) >= 11 is 1.79. The fraction of sp³-hybridized carbons (Fsp3) is 0.700. The van der Waals surface area contributed by atoms with Gasteiger partial charge in [-0.2, -0.15) is 0 Å². The van der Waals surface area contributed by atoms with Crippen LogP contribution in [0.5, 0.6) is 0 Å². The Bertz CT molecular complexity index is 152. The van der Waals surface area contributed by atoms with E-state index in [4.69, 9.17) is 0 Å². The van der Waals surface area contributed by atoms with Gasteiger partial charge in [-0.3, -0.25) is 4.99 Å². The molecule has 0 aliphatic carbocycles. The highest BCUT2D eigenvalue weighted by atomic mass is 32.2. The molecule has 0 N–H and O–H groups in total. The molecule has 0 aromatic heterocycles. The summed E-state index contributed by atoms with van der Waals surface area (Å²) in [5.41, 5.74) is 0. The molecule has 0 heterocycles. The van der Waals surface area contributed by atoms with E-state index in [2.05, 4.69) is 31.8 Å². The van der Waals surface area contributed by atoms with E-state index in [0.29, 0.717) is 5.92 Å². The van der Waals surface area contributed by atoms with E-state index in [1.165, 1.54) is 24.2 Å². The quantitative estimate of drug-likeness (QED) is 0.574. The number of nitrogens with zero attached hydrogens (tertiary/aromatic N) is 1. The SMILES string of the molecule is C=N/C=C(\SC)C(CC)CCC. The summed E-state index contributed by atoms with van der Waals surface area (Å²) in [5, 5.41) is 0. The Labute approximate surface area is 80.4 Å². The van der Waals surface area contributed by atoms with Crippen LogP contribution in [0.4, 0.5) is 0 Å². The highest BCUT2D eigenvalue weighted by molar-refractivity contribution is 8.02. The Hall–Kier alpha value is -0.240. The zero-order valence-corrected chi connectivity index (χ0v) is 9.16. The Balaban J connectivity index is 4.21. The molecule has 0 aromatic carbocycles. The number of allylic oxidation sites excluding steroid dienone is 1. The van der Waals surface area contributed by atoms with E-state index in [9.17, 15) is 0 Å². The minimum absolute atomic E-state index is 0.690. The molecule has 0 aromatic rings. The first-order valence-electron chi connectivity index (χ1n) is 4.49. The van der Waals surface area contributed by atoms with E-state index in [1.807, 2.05) is 6.20 Å². The highest BCUT2D eigenvalue weighted by Crippen LogP contribution is 2.28. The summed E-state index contributed by atoms with van der Waals surface area (Å²) < 4.78 is 0. The zero-order chi connectivity index (χ0) is 9.40. The maximum Gasteiger partial charge on any atom is 0.0358 e. The topological polar surface area (TPSA) is 12.4 Å². The third-order valence-corrected chi connectivity index (χ3v) is 2.90. The molecular weight excluding hydrogens is 166 g/mol. The number of hydrogen-bond acceptors (Lipinski definition) is 2. The Morgan fingerprint density at radius 1 is 1.58 bits per heavy atom. The standard InChI is InChI=1S/C10H19NS/c1-5-7-9(6-2)10(12-4)8-11-3/h8-9H,3,5-7H2,1-2,4H3/b10-8-. The summed E-state index contributed by atoms with van der Waals surface area (Å²) in [6, 6.07) is 0. The lowest BCUT2D eigenvalue weighted by Crippen LogP contribution is -1.99. The van der Waals surface area contributed by atoms with Crippen LogP contribution in [0.15, 0.2) is 16.1 Å². The molecule has 0 amide bonds. The summed E-state index contributed by atoms with van der Waals surface area (Å²) in [6.45, 7) is 7.94. The van der Waals surface area contributed by atoms with Gasteiger partial charge < -0.3 is 0 Å². The van der Waals surface area contributed by atoms with E-state index >= 15 is 0 Å². The molecule has 2 heteroatoms. The molecule has 0 spiro atoms. The predicted molar refractivity (Wildman–Crippen MR) is 59.8 cm³/mol. The van der Waals surface area contributed by atoms with Crippen LogP contribution in [0.25, 0.3) is 0 Å². The largest absolute Gasteiger partial charge is 0.272 e. The molecule has 1 unspecified atom stereocenters. The lowest BCUT2D eigenvalue weighted by Gasteiger charge is -2.14. The van der Waals surface area contributed by atoms with E-state index in [1.54, 1.807) is 11.8 Å². The van der Waals surface area contributed by atoms with Crippen LogP contribution >= 0.6 is 11.8 Å². The lowest BCUT2D eigenvalue weighted by atomic mass is 10.0. The van der Waals surface area contributed by atoms with Crippen LogP contribution in [0.1, 0.15) is 33.1 Å². The second kappa shape index (κ2) is 7.41. The van der Waals surface area contributed by atoms with Crippen molar-refractivity contribution in [3.05, 3.63) is 11.1 Å². The molecule has 0 saturated carbocycles. The van der Waals surface area contributed by atoms with Crippen molar-refractivity contribution in [2.45, 2.75) is 33.1 Å². The van der Waals surface area contributed by atoms with Crippen molar-refractivity contribution >= 4 is 18.5 Å². The summed E-state index contributed by atoms with van der Waals surface area (Å²) in [4.78, 5) is 5.19. The highest BCUT2D eigenvalue weighted by Gasteiger charge is 2.09. The minimum atomic E-state index is 0.690. The van der Waals surface area contributed by atoms with Crippen molar-refractivity contribution in [1.29, 1.82) is 0 Å². The van der Waals surface area contributed by atoms with Gasteiger partial charge in [0.05, 0.1) is 0 Å². The van der Waals surface area contributed by atoms with Crippen LogP contribution < -0.4 is 0 Å². The first-order valence-corrected chi connectivity index (χ1v) is 5.72. The fourth-order valence-electron chi connectivity index (χ4n) is 1.31. The average Bonchev–Trinajstić information content (AvgIpc) is 2.11. The molecule has 0 saturated heterocycles. The van der Waals surface area contributed by atoms with Crippen LogP contribution in [-0.4, -0.2) is 13.0 Å². The van der Waals surface area contributed by atoms with E-state index in [0.717, 1.165) is 0 Å². The Morgan fingerprint density at radius 3 is 2.58 bits per heavy atom. The van der Waals surface area contributed by atoms with Crippen LogP contribution in [-0.2, 0) is 0 Å². The van der Waals surface area contributed by atoms with E-state index < -0.39 is 0 Å². The van der Waals surface area contributed by atoms with Crippen molar-refractivity contribution < 1.29 is 0 Å². The first kappa shape index (κ1) is 11.8. The van der Waals surface area contributed by atoms with Gasteiger partial charge in [0.15, 0.2) is 0 Å². The monoisotopic (exact) mass is 185 g/mol. The first-order chi connectivity index (χ1) is 5.79. The zero-order valence-electron chi connectivity index (χ0n) is 8.34. The molecule has 0 radical (unpaired) electrons. The lowest BCUT2D eigenvalue weighted by molar-refractivity contribution is 0.555. The van der Waals surface area contributed by atoms with Gasteiger partial charge in [-0.15, -0.1) is 11.8 Å². The number of hydrogen-bond donors (Lipinski definition) is 0. The molecule has 12 heavy (non-hydrogen) atoms. The van der Waals surface area contributed by atoms with Gasteiger partial charge in [0, 0.05) is 11.1 Å². The van der Waals surface area contributed by atoms with Crippen molar-refractivity contribution in [2.24, 2.45) is 10.9 Å². The third-order valence-electron chi connectivity index (χ3n) is 1.99. The normalized spacial score (nSPS) is 14.4. The van der Waals surface area contributed by atoms with Crippen LogP contribution in [0.3, 0.4) is 0 Å². The van der Waals surface area contributed by atoms with Gasteiger partial charge in [0.1, 0.15) is 0 Å². The fourth-order valence-corrected chi connectivity index (χ4v) is 2.11. The average molecular weight is 185 g/mol. The van der Waals surface area contributed by atoms with E-state index in [-0.39, 0.29) is 0 Å². The van der Waals surface area contributed by atoms with Crippen molar-refractivity contribution in [1.82, 2.24) is 0 Å². The Morgan fingerprint density at radius 2 is 2.25 bits per heavy atom.